The van der Waals surface area contributed by atoms with Crippen molar-refractivity contribution in [3.05, 3.63) is 75.5 Å². The van der Waals surface area contributed by atoms with Crippen molar-refractivity contribution in [2.45, 2.75) is 20.5 Å². The predicted molar refractivity (Wildman–Crippen MR) is 89.5 cm³/mol. The minimum atomic E-state index is -0.517. The first-order valence-corrected chi connectivity index (χ1v) is 7.45. The Hall–Kier alpha value is -3.08. The molecule has 0 fully saturated rings. The normalized spacial score (nSPS) is 11.2. The SMILES string of the molecule is Cc1cc2oc(=O)cc(COC(=O)/C=C/c3ccco3)c2cc1C. The fourth-order valence-corrected chi connectivity index (χ4v) is 2.34. The molecule has 122 valence electrons. The summed E-state index contributed by atoms with van der Waals surface area (Å²) in [6.45, 7) is 3.91. The lowest BCUT2D eigenvalue weighted by Gasteiger charge is -2.08. The fourth-order valence-electron chi connectivity index (χ4n) is 2.34. The van der Waals surface area contributed by atoms with E-state index >= 15 is 0 Å². The van der Waals surface area contributed by atoms with Crippen LogP contribution >= 0.6 is 0 Å². The van der Waals surface area contributed by atoms with Gasteiger partial charge in [0.25, 0.3) is 0 Å². The van der Waals surface area contributed by atoms with E-state index in [0.29, 0.717) is 16.9 Å². The third-order valence-corrected chi connectivity index (χ3v) is 3.74. The zero-order valence-corrected chi connectivity index (χ0v) is 13.4. The molecular weight excluding hydrogens is 308 g/mol. The first-order chi connectivity index (χ1) is 11.5. The smallest absolute Gasteiger partial charge is 0.336 e. The summed E-state index contributed by atoms with van der Waals surface area (Å²) in [7, 11) is 0. The van der Waals surface area contributed by atoms with Gasteiger partial charge in [0.05, 0.1) is 6.26 Å². The average Bonchev–Trinajstić information content (AvgIpc) is 3.06. The molecular formula is C19H16O5. The number of aryl methyl sites for hydroxylation is 2. The van der Waals surface area contributed by atoms with Crippen molar-refractivity contribution in [3.63, 3.8) is 0 Å². The Morgan fingerprint density at radius 2 is 2.00 bits per heavy atom. The van der Waals surface area contributed by atoms with Gasteiger partial charge in [0, 0.05) is 23.1 Å². The molecule has 3 aromatic rings. The van der Waals surface area contributed by atoms with Crippen LogP contribution in [0.1, 0.15) is 22.5 Å². The Balaban J connectivity index is 1.81. The van der Waals surface area contributed by atoms with Crippen LogP contribution in [-0.4, -0.2) is 5.97 Å². The lowest BCUT2D eigenvalue weighted by atomic mass is 10.0. The molecule has 2 aromatic heterocycles. The third-order valence-electron chi connectivity index (χ3n) is 3.74. The molecule has 1 aromatic carbocycles. The van der Waals surface area contributed by atoms with Crippen LogP contribution in [-0.2, 0) is 16.1 Å². The molecule has 0 aliphatic rings. The second-order valence-electron chi connectivity index (χ2n) is 5.48. The number of carbonyl (C=O) groups is 1. The van der Waals surface area contributed by atoms with Crippen molar-refractivity contribution < 1.29 is 18.4 Å². The van der Waals surface area contributed by atoms with E-state index < -0.39 is 11.6 Å². The molecule has 0 bridgehead atoms. The maximum atomic E-state index is 11.8. The Bertz CT molecular complexity index is 961. The van der Waals surface area contributed by atoms with E-state index in [1.165, 1.54) is 24.5 Å². The quantitative estimate of drug-likeness (QED) is 0.415. The Morgan fingerprint density at radius 3 is 2.75 bits per heavy atom. The largest absolute Gasteiger partial charge is 0.465 e. The summed E-state index contributed by atoms with van der Waals surface area (Å²) < 4.78 is 15.5. The zero-order chi connectivity index (χ0) is 17.1. The molecule has 24 heavy (non-hydrogen) atoms. The molecule has 0 unspecified atom stereocenters. The van der Waals surface area contributed by atoms with E-state index in [2.05, 4.69) is 0 Å². The van der Waals surface area contributed by atoms with Crippen molar-refractivity contribution in [2.75, 3.05) is 0 Å². The second kappa shape index (κ2) is 6.58. The summed E-state index contributed by atoms with van der Waals surface area (Å²) in [6.07, 6.45) is 4.32. The molecule has 0 atom stereocenters. The van der Waals surface area contributed by atoms with Gasteiger partial charge in [0.2, 0.25) is 0 Å². The standard InChI is InChI=1S/C19H16O5/c1-12-8-16-14(10-19(21)24-17(16)9-13(12)2)11-23-18(20)6-5-15-4-3-7-22-15/h3-10H,11H2,1-2H3/b6-5+. The van der Waals surface area contributed by atoms with Gasteiger partial charge in [-0.25, -0.2) is 9.59 Å². The minimum absolute atomic E-state index is 0.00801. The number of hydrogen-bond acceptors (Lipinski definition) is 5. The highest BCUT2D eigenvalue weighted by atomic mass is 16.5. The molecule has 0 amide bonds. The summed E-state index contributed by atoms with van der Waals surface area (Å²) in [5, 5.41) is 0.764. The Kier molecular flexibility index (Phi) is 4.33. The summed E-state index contributed by atoms with van der Waals surface area (Å²) >= 11 is 0. The molecule has 0 saturated heterocycles. The Labute approximate surface area is 138 Å². The van der Waals surface area contributed by atoms with Crippen LogP contribution in [0.5, 0.6) is 0 Å². The summed E-state index contributed by atoms with van der Waals surface area (Å²) in [5.41, 5.74) is 2.73. The van der Waals surface area contributed by atoms with E-state index in [9.17, 15) is 9.59 Å². The number of benzene rings is 1. The Morgan fingerprint density at radius 1 is 1.21 bits per heavy atom. The molecule has 5 nitrogen and oxygen atoms in total. The van der Waals surface area contributed by atoms with Gasteiger partial charge in [0.1, 0.15) is 18.0 Å². The number of rotatable bonds is 4. The number of hydrogen-bond donors (Lipinski definition) is 0. The monoisotopic (exact) mass is 324 g/mol. The van der Waals surface area contributed by atoms with E-state index in [1.807, 2.05) is 26.0 Å². The second-order valence-corrected chi connectivity index (χ2v) is 5.48. The van der Waals surface area contributed by atoms with Gasteiger partial charge < -0.3 is 13.6 Å². The minimum Gasteiger partial charge on any atom is -0.465 e. The number of carbonyl (C=O) groups excluding carboxylic acids is 1. The topological polar surface area (TPSA) is 69.7 Å². The number of ether oxygens (including phenoxy) is 1. The molecule has 0 saturated carbocycles. The maximum absolute atomic E-state index is 11.8. The molecule has 5 heteroatoms. The van der Waals surface area contributed by atoms with Crippen LogP contribution in [0.15, 0.2) is 56.3 Å². The van der Waals surface area contributed by atoms with Crippen molar-refractivity contribution >= 4 is 23.0 Å². The zero-order valence-electron chi connectivity index (χ0n) is 13.4. The first kappa shape index (κ1) is 15.8. The van der Waals surface area contributed by atoms with Crippen LogP contribution in [0, 0.1) is 13.8 Å². The molecule has 0 aliphatic carbocycles. The third kappa shape index (κ3) is 3.46. The van der Waals surface area contributed by atoms with Gasteiger partial charge in [0.15, 0.2) is 0 Å². The van der Waals surface area contributed by atoms with E-state index in [-0.39, 0.29) is 6.61 Å². The van der Waals surface area contributed by atoms with E-state index in [0.717, 1.165) is 16.5 Å². The maximum Gasteiger partial charge on any atom is 0.336 e. The van der Waals surface area contributed by atoms with E-state index in [4.69, 9.17) is 13.6 Å². The highest BCUT2D eigenvalue weighted by molar-refractivity contribution is 5.87. The van der Waals surface area contributed by atoms with Crippen molar-refractivity contribution in [2.24, 2.45) is 0 Å². The number of furan rings is 1. The van der Waals surface area contributed by atoms with Gasteiger partial charge in [-0.1, -0.05) is 0 Å². The number of fused-ring (bicyclic) bond motifs is 1. The van der Waals surface area contributed by atoms with Crippen LogP contribution in [0.2, 0.25) is 0 Å². The predicted octanol–water partition coefficient (Wildman–Crippen LogP) is 3.76. The van der Waals surface area contributed by atoms with Crippen LogP contribution in [0.3, 0.4) is 0 Å². The summed E-state index contributed by atoms with van der Waals surface area (Å²) in [4.78, 5) is 23.5. The van der Waals surface area contributed by atoms with Crippen LogP contribution in [0.25, 0.3) is 17.0 Å². The molecule has 0 spiro atoms. The van der Waals surface area contributed by atoms with Gasteiger partial charge in [-0.15, -0.1) is 0 Å². The van der Waals surface area contributed by atoms with Crippen molar-refractivity contribution in [1.82, 2.24) is 0 Å². The van der Waals surface area contributed by atoms with Gasteiger partial charge in [-0.2, -0.15) is 0 Å². The van der Waals surface area contributed by atoms with Gasteiger partial charge in [-0.05, 0) is 55.3 Å². The van der Waals surface area contributed by atoms with Gasteiger partial charge in [-0.3, -0.25) is 0 Å². The molecule has 3 rings (SSSR count). The fraction of sp³-hybridized carbons (Fsp3) is 0.158. The average molecular weight is 324 g/mol. The lowest BCUT2D eigenvalue weighted by Crippen LogP contribution is -2.06. The molecule has 0 radical (unpaired) electrons. The van der Waals surface area contributed by atoms with E-state index in [1.54, 1.807) is 12.1 Å². The molecule has 2 heterocycles. The summed E-state index contributed by atoms with van der Waals surface area (Å²) in [5.74, 6) is 0.0421. The van der Waals surface area contributed by atoms with Crippen molar-refractivity contribution in [1.29, 1.82) is 0 Å². The first-order valence-electron chi connectivity index (χ1n) is 7.45. The highest BCUT2D eigenvalue weighted by Gasteiger charge is 2.09. The molecule has 0 N–H and O–H groups in total. The summed E-state index contributed by atoms with van der Waals surface area (Å²) in [6, 6.07) is 8.54. The highest BCUT2D eigenvalue weighted by Crippen LogP contribution is 2.22. The van der Waals surface area contributed by atoms with Crippen molar-refractivity contribution in [3.8, 4) is 0 Å². The van der Waals surface area contributed by atoms with Crippen LogP contribution < -0.4 is 5.63 Å². The molecule has 0 aliphatic heterocycles. The van der Waals surface area contributed by atoms with Crippen LogP contribution in [0.4, 0.5) is 0 Å². The van der Waals surface area contributed by atoms with Gasteiger partial charge >= 0.3 is 11.6 Å². The lowest BCUT2D eigenvalue weighted by molar-refractivity contribution is -0.138. The number of esters is 1.